The Morgan fingerprint density at radius 3 is 2.56 bits per heavy atom. The van der Waals surface area contributed by atoms with Crippen molar-refractivity contribution >= 4 is 34.2 Å². The van der Waals surface area contributed by atoms with Crippen LogP contribution in [0.15, 0.2) is 24.5 Å². The largest absolute Gasteiger partial charge is 0.395 e. The molecule has 1 amide bonds. The van der Waals surface area contributed by atoms with E-state index >= 15 is 0 Å². The summed E-state index contributed by atoms with van der Waals surface area (Å²) in [6.45, 7) is 2.02. The van der Waals surface area contributed by atoms with Gasteiger partial charge in [0.15, 0.2) is 11.4 Å². The molecule has 3 N–H and O–H groups in total. The zero-order chi connectivity index (χ0) is 22.7. The van der Waals surface area contributed by atoms with Crippen LogP contribution in [-0.2, 0) is 0 Å². The van der Waals surface area contributed by atoms with Gasteiger partial charge in [-0.05, 0) is 25.0 Å². The smallest absolute Gasteiger partial charge is 0.264 e. The Morgan fingerprint density at radius 2 is 1.88 bits per heavy atom. The van der Waals surface area contributed by atoms with E-state index in [1.165, 1.54) is 22.7 Å². The fraction of sp³-hybridized carbons (Fsp3) is 0.478. The van der Waals surface area contributed by atoms with Crippen molar-refractivity contribution in [3.63, 3.8) is 0 Å². The van der Waals surface area contributed by atoms with Gasteiger partial charge in [0.25, 0.3) is 5.91 Å². The highest BCUT2D eigenvalue weighted by molar-refractivity contribution is 7.17. The molecule has 0 radical (unpaired) electrons. The SMILES string of the molecule is CC1(C(=O)c2c[nH]c3ncc(-c4ccc(C(=O)N(CCO)CCO)s4)nc23)CCCCC1. The molecule has 170 valence electrons. The number of hydrogen-bond acceptors (Lipinski definition) is 7. The van der Waals surface area contributed by atoms with Gasteiger partial charge < -0.3 is 20.1 Å². The Kier molecular flexibility index (Phi) is 6.68. The molecule has 1 aliphatic rings. The summed E-state index contributed by atoms with van der Waals surface area (Å²) in [7, 11) is 0. The summed E-state index contributed by atoms with van der Waals surface area (Å²) < 4.78 is 0. The second kappa shape index (κ2) is 9.48. The number of H-pyrrole nitrogens is 1. The Balaban J connectivity index is 1.63. The summed E-state index contributed by atoms with van der Waals surface area (Å²) in [5.74, 6) is -0.137. The highest BCUT2D eigenvalue weighted by atomic mass is 32.1. The number of amides is 1. The van der Waals surface area contributed by atoms with Crippen molar-refractivity contribution in [3.05, 3.63) is 35.0 Å². The number of fused-ring (bicyclic) bond motifs is 1. The summed E-state index contributed by atoms with van der Waals surface area (Å²) in [5, 5.41) is 18.4. The van der Waals surface area contributed by atoms with E-state index in [0.29, 0.717) is 27.3 Å². The average Bonchev–Trinajstić information content (AvgIpc) is 3.45. The molecule has 4 rings (SSSR count). The number of hydrogen-bond donors (Lipinski definition) is 3. The Hall–Kier alpha value is -2.62. The van der Waals surface area contributed by atoms with Crippen LogP contribution in [0.3, 0.4) is 0 Å². The van der Waals surface area contributed by atoms with E-state index in [1.807, 2.05) is 6.92 Å². The summed E-state index contributed by atoms with van der Waals surface area (Å²) in [4.78, 5) is 41.0. The summed E-state index contributed by atoms with van der Waals surface area (Å²) in [5.41, 5.74) is 1.93. The van der Waals surface area contributed by atoms with Gasteiger partial charge in [-0.1, -0.05) is 26.2 Å². The van der Waals surface area contributed by atoms with Gasteiger partial charge in [0, 0.05) is 24.7 Å². The Bertz CT molecular complexity index is 1110. The second-order valence-corrected chi connectivity index (χ2v) is 9.59. The van der Waals surface area contributed by atoms with Gasteiger partial charge in [-0.3, -0.25) is 9.59 Å². The van der Waals surface area contributed by atoms with Crippen molar-refractivity contribution < 1.29 is 19.8 Å². The first kappa shape index (κ1) is 22.6. The molecule has 3 aromatic rings. The fourth-order valence-electron chi connectivity index (χ4n) is 4.37. The number of carbonyl (C=O) groups is 2. The quantitative estimate of drug-likeness (QED) is 0.448. The zero-order valence-electron chi connectivity index (χ0n) is 18.1. The van der Waals surface area contributed by atoms with Crippen molar-refractivity contribution in [1.82, 2.24) is 19.9 Å². The third-order valence-corrected chi connectivity index (χ3v) is 7.32. The minimum atomic E-state index is -0.365. The minimum absolute atomic E-state index is 0.112. The molecule has 0 bridgehead atoms. The Morgan fingerprint density at radius 1 is 1.16 bits per heavy atom. The molecule has 9 heteroatoms. The molecule has 1 aliphatic carbocycles. The lowest BCUT2D eigenvalue weighted by Gasteiger charge is -2.31. The molecule has 0 unspecified atom stereocenters. The zero-order valence-corrected chi connectivity index (χ0v) is 19.0. The van der Waals surface area contributed by atoms with Gasteiger partial charge in [-0.2, -0.15) is 0 Å². The van der Waals surface area contributed by atoms with Crippen LogP contribution in [0.5, 0.6) is 0 Å². The molecular weight excluding hydrogens is 428 g/mol. The van der Waals surface area contributed by atoms with E-state index in [9.17, 15) is 19.8 Å². The minimum Gasteiger partial charge on any atom is -0.395 e. The van der Waals surface area contributed by atoms with Gasteiger partial charge in [0.1, 0.15) is 5.52 Å². The molecule has 0 atom stereocenters. The van der Waals surface area contributed by atoms with Gasteiger partial charge in [0.05, 0.1) is 40.4 Å². The van der Waals surface area contributed by atoms with Crippen molar-refractivity contribution in [2.75, 3.05) is 26.3 Å². The lowest BCUT2D eigenvalue weighted by Crippen LogP contribution is -2.35. The maximum absolute atomic E-state index is 13.4. The van der Waals surface area contributed by atoms with Gasteiger partial charge in [0.2, 0.25) is 0 Å². The van der Waals surface area contributed by atoms with E-state index in [0.717, 1.165) is 30.6 Å². The molecule has 3 aromatic heterocycles. The van der Waals surface area contributed by atoms with E-state index in [1.54, 1.807) is 24.5 Å². The fourth-order valence-corrected chi connectivity index (χ4v) is 5.30. The topological polar surface area (TPSA) is 119 Å². The second-order valence-electron chi connectivity index (χ2n) is 8.51. The predicted octanol–water partition coefficient (Wildman–Crippen LogP) is 3.27. The van der Waals surface area contributed by atoms with Crippen molar-refractivity contribution in [3.8, 4) is 10.6 Å². The van der Waals surface area contributed by atoms with Crippen LogP contribution >= 0.6 is 11.3 Å². The number of aromatic nitrogens is 3. The number of ketones is 1. The van der Waals surface area contributed by atoms with Crippen LogP contribution in [0.4, 0.5) is 0 Å². The Labute approximate surface area is 190 Å². The standard InChI is InChI=1S/C23H28N4O4S/c1-23(7-3-2-4-8-23)20(30)15-13-24-21-19(15)26-16(14-25-21)17-5-6-18(32-17)22(31)27(9-11-28)10-12-29/h5-6,13-14,28-29H,2-4,7-12H2,1H3,(H,24,25). The van der Waals surface area contributed by atoms with Crippen LogP contribution in [0.2, 0.25) is 0 Å². The van der Waals surface area contributed by atoms with Crippen LogP contribution < -0.4 is 0 Å². The number of rotatable bonds is 8. The van der Waals surface area contributed by atoms with Crippen molar-refractivity contribution in [2.24, 2.45) is 5.41 Å². The third kappa shape index (κ3) is 4.32. The number of aliphatic hydroxyl groups excluding tert-OH is 2. The summed E-state index contributed by atoms with van der Waals surface area (Å²) in [6.07, 6.45) is 8.43. The molecule has 3 heterocycles. The summed E-state index contributed by atoms with van der Waals surface area (Å²) >= 11 is 1.27. The molecule has 0 aliphatic heterocycles. The molecule has 0 saturated heterocycles. The maximum Gasteiger partial charge on any atom is 0.264 e. The molecule has 1 fully saturated rings. The maximum atomic E-state index is 13.4. The van der Waals surface area contributed by atoms with Crippen LogP contribution in [-0.4, -0.2) is 68.1 Å². The molecular formula is C23H28N4O4S. The van der Waals surface area contributed by atoms with E-state index in [2.05, 4.69) is 9.97 Å². The van der Waals surface area contributed by atoms with E-state index in [-0.39, 0.29) is 43.4 Å². The molecule has 0 spiro atoms. The van der Waals surface area contributed by atoms with Crippen molar-refractivity contribution in [2.45, 2.75) is 39.0 Å². The van der Waals surface area contributed by atoms with E-state index < -0.39 is 0 Å². The first-order valence-corrected chi connectivity index (χ1v) is 11.8. The number of aliphatic hydroxyl groups is 2. The predicted molar refractivity (Wildman–Crippen MR) is 123 cm³/mol. The number of Topliss-reactive ketones (excluding diaryl/α,β-unsaturated/α-hetero) is 1. The van der Waals surface area contributed by atoms with Gasteiger partial charge in [-0.15, -0.1) is 11.3 Å². The first-order chi connectivity index (χ1) is 15.5. The van der Waals surface area contributed by atoms with E-state index in [4.69, 9.17) is 4.98 Å². The van der Waals surface area contributed by atoms with Crippen LogP contribution in [0, 0.1) is 5.41 Å². The molecule has 32 heavy (non-hydrogen) atoms. The number of nitrogens with zero attached hydrogens (tertiary/aromatic N) is 3. The van der Waals surface area contributed by atoms with Crippen LogP contribution in [0.25, 0.3) is 21.7 Å². The number of thiophene rings is 1. The number of carbonyl (C=O) groups excluding carboxylic acids is 2. The molecule has 1 saturated carbocycles. The lowest BCUT2D eigenvalue weighted by atomic mass is 9.71. The van der Waals surface area contributed by atoms with Crippen LogP contribution in [0.1, 0.15) is 59.1 Å². The monoisotopic (exact) mass is 456 g/mol. The number of nitrogens with one attached hydrogen (secondary N) is 1. The highest BCUT2D eigenvalue weighted by Crippen LogP contribution is 2.40. The van der Waals surface area contributed by atoms with Crippen molar-refractivity contribution in [1.29, 1.82) is 0 Å². The average molecular weight is 457 g/mol. The molecule has 0 aromatic carbocycles. The van der Waals surface area contributed by atoms with Gasteiger partial charge >= 0.3 is 0 Å². The van der Waals surface area contributed by atoms with Gasteiger partial charge in [-0.25, -0.2) is 9.97 Å². The summed E-state index contributed by atoms with van der Waals surface area (Å²) in [6, 6.07) is 3.52. The number of aromatic amines is 1. The molecule has 8 nitrogen and oxygen atoms in total. The lowest BCUT2D eigenvalue weighted by molar-refractivity contribution is 0.0689. The third-order valence-electron chi connectivity index (χ3n) is 6.23. The normalized spacial score (nSPS) is 15.7. The first-order valence-electron chi connectivity index (χ1n) is 11.0. The highest BCUT2D eigenvalue weighted by Gasteiger charge is 2.36.